The van der Waals surface area contributed by atoms with E-state index in [0.29, 0.717) is 38.1 Å². The van der Waals surface area contributed by atoms with Gasteiger partial charge in [-0.2, -0.15) is 0 Å². The summed E-state index contributed by atoms with van der Waals surface area (Å²) in [6.07, 6.45) is 3.21. The maximum atomic E-state index is 11.8. The highest BCUT2D eigenvalue weighted by atomic mass is 16.5. The van der Waals surface area contributed by atoms with Gasteiger partial charge in [0.15, 0.2) is 0 Å². The van der Waals surface area contributed by atoms with Gasteiger partial charge in [0.2, 0.25) is 11.8 Å². The van der Waals surface area contributed by atoms with Crippen molar-refractivity contribution in [1.29, 1.82) is 0 Å². The lowest BCUT2D eigenvalue weighted by Crippen LogP contribution is -2.36. The van der Waals surface area contributed by atoms with Crippen molar-refractivity contribution in [2.45, 2.75) is 32.1 Å². The largest absolute Gasteiger partial charge is 0.494 e. The van der Waals surface area contributed by atoms with Gasteiger partial charge >= 0.3 is 0 Å². The zero-order valence-corrected chi connectivity index (χ0v) is 11.5. The molecule has 5 nitrogen and oxygen atoms in total. The van der Waals surface area contributed by atoms with Gasteiger partial charge in [-0.15, -0.1) is 0 Å². The minimum atomic E-state index is -0.0556. The molecular formula is C15H20N2O3. The zero-order chi connectivity index (χ0) is 14.4. The molecule has 0 bridgehead atoms. The van der Waals surface area contributed by atoms with Crippen molar-refractivity contribution in [3.63, 3.8) is 0 Å². The molecule has 0 atom stereocenters. The minimum Gasteiger partial charge on any atom is -0.494 e. The summed E-state index contributed by atoms with van der Waals surface area (Å²) < 4.78 is 5.55. The van der Waals surface area contributed by atoms with Crippen molar-refractivity contribution in [3.8, 4) is 5.75 Å². The van der Waals surface area contributed by atoms with Crippen LogP contribution in [0.4, 0.5) is 5.69 Å². The fraction of sp³-hybridized carbons (Fsp3) is 0.467. The fourth-order valence-corrected chi connectivity index (χ4v) is 2.19. The summed E-state index contributed by atoms with van der Waals surface area (Å²) in [7, 11) is 0. The van der Waals surface area contributed by atoms with E-state index in [1.165, 1.54) is 4.90 Å². The molecule has 1 heterocycles. The number of rotatable bonds is 5. The van der Waals surface area contributed by atoms with Crippen LogP contribution in [0.5, 0.6) is 5.75 Å². The van der Waals surface area contributed by atoms with Gasteiger partial charge < -0.3 is 10.5 Å². The number of nitrogens with two attached hydrogens (primary N) is 1. The average Bonchev–Trinajstić information content (AvgIpc) is 2.59. The van der Waals surface area contributed by atoms with Crippen molar-refractivity contribution in [2.75, 3.05) is 18.9 Å². The van der Waals surface area contributed by atoms with Gasteiger partial charge in [0, 0.05) is 25.1 Å². The highest BCUT2D eigenvalue weighted by Gasteiger charge is 2.23. The number of nitrogen functional groups attached to an aromatic ring is 1. The number of amides is 2. The van der Waals surface area contributed by atoms with Gasteiger partial charge in [0.25, 0.3) is 0 Å². The van der Waals surface area contributed by atoms with Crippen LogP contribution in [-0.2, 0) is 9.59 Å². The van der Waals surface area contributed by atoms with Gasteiger partial charge in [-0.25, -0.2) is 0 Å². The van der Waals surface area contributed by atoms with Gasteiger partial charge in [-0.1, -0.05) is 0 Å². The van der Waals surface area contributed by atoms with E-state index in [9.17, 15) is 9.59 Å². The predicted octanol–water partition coefficient (Wildman–Crippen LogP) is 1.97. The van der Waals surface area contributed by atoms with Crippen LogP contribution < -0.4 is 10.5 Å². The highest BCUT2D eigenvalue weighted by molar-refractivity contribution is 5.95. The second-order valence-electron chi connectivity index (χ2n) is 4.92. The maximum Gasteiger partial charge on any atom is 0.229 e. The number of carbonyl (C=O) groups excluding carboxylic acids is 2. The lowest BCUT2D eigenvalue weighted by molar-refractivity contribution is -0.143. The van der Waals surface area contributed by atoms with E-state index in [4.69, 9.17) is 10.5 Å². The summed E-state index contributed by atoms with van der Waals surface area (Å²) >= 11 is 0. The van der Waals surface area contributed by atoms with Crippen molar-refractivity contribution >= 4 is 17.5 Å². The van der Waals surface area contributed by atoms with Crippen molar-refractivity contribution in [1.82, 2.24) is 4.90 Å². The average molecular weight is 276 g/mol. The van der Waals surface area contributed by atoms with Gasteiger partial charge in [0.05, 0.1) is 6.61 Å². The number of anilines is 1. The van der Waals surface area contributed by atoms with E-state index in [1.807, 2.05) is 0 Å². The Labute approximate surface area is 118 Å². The number of ether oxygens (including phenoxy) is 1. The van der Waals surface area contributed by atoms with Crippen LogP contribution in [0, 0.1) is 0 Å². The highest BCUT2D eigenvalue weighted by Crippen LogP contribution is 2.15. The van der Waals surface area contributed by atoms with Crippen molar-refractivity contribution < 1.29 is 14.3 Å². The Balaban J connectivity index is 1.75. The molecule has 108 valence electrons. The molecule has 1 aliphatic rings. The van der Waals surface area contributed by atoms with Crippen LogP contribution in [0.25, 0.3) is 0 Å². The third-order valence-electron chi connectivity index (χ3n) is 3.31. The summed E-state index contributed by atoms with van der Waals surface area (Å²) in [4.78, 5) is 24.9. The van der Waals surface area contributed by atoms with Crippen LogP contribution in [0.15, 0.2) is 24.3 Å². The van der Waals surface area contributed by atoms with Crippen LogP contribution in [0.2, 0.25) is 0 Å². The Hall–Kier alpha value is -2.04. The number of benzene rings is 1. The predicted molar refractivity (Wildman–Crippen MR) is 76.2 cm³/mol. The Kier molecular flexibility index (Phi) is 4.98. The molecule has 1 aromatic rings. The quantitative estimate of drug-likeness (QED) is 0.507. The number of hydrogen-bond donors (Lipinski definition) is 1. The molecule has 0 aliphatic carbocycles. The first-order valence-electron chi connectivity index (χ1n) is 6.98. The monoisotopic (exact) mass is 276 g/mol. The molecule has 0 aromatic heterocycles. The molecule has 1 fully saturated rings. The van der Waals surface area contributed by atoms with Gasteiger partial charge in [-0.05, 0) is 43.5 Å². The summed E-state index contributed by atoms with van der Waals surface area (Å²) in [5, 5.41) is 0. The number of hydrogen-bond acceptors (Lipinski definition) is 4. The molecule has 1 saturated heterocycles. The molecule has 1 aliphatic heterocycles. The van der Waals surface area contributed by atoms with Gasteiger partial charge in [0.1, 0.15) is 5.75 Å². The molecule has 2 rings (SSSR count). The Morgan fingerprint density at radius 1 is 1.05 bits per heavy atom. The third kappa shape index (κ3) is 3.98. The molecule has 0 unspecified atom stereocenters. The van der Waals surface area contributed by atoms with Crippen LogP contribution >= 0.6 is 0 Å². The first-order valence-corrected chi connectivity index (χ1v) is 6.98. The lowest BCUT2D eigenvalue weighted by Gasteiger charge is -2.18. The summed E-state index contributed by atoms with van der Waals surface area (Å²) in [6.45, 7) is 0.910. The fourth-order valence-electron chi connectivity index (χ4n) is 2.19. The first kappa shape index (κ1) is 14.4. The van der Waals surface area contributed by atoms with E-state index < -0.39 is 0 Å². The first-order chi connectivity index (χ1) is 9.66. The van der Waals surface area contributed by atoms with Gasteiger partial charge in [-0.3, -0.25) is 14.5 Å². The Morgan fingerprint density at radius 2 is 1.65 bits per heavy atom. The second-order valence-corrected chi connectivity index (χ2v) is 4.92. The molecule has 5 heteroatoms. The maximum absolute atomic E-state index is 11.8. The van der Waals surface area contributed by atoms with E-state index in [1.54, 1.807) is 24.3 Å². The Bertz CT molecular complexity index is 453. The molecule has 1 aromatic carbocycles. The number of carbonyl (C=O) groups is 2. The molecule has 20 heavy (non-hydrogen) atoms. The normalized spacial score (nSPS) is 16.1. The topological polar surface area (TPSA) is 72.6 Å². The number of imide groups is 1. The molecule has 2 N–H and O–H groups in total. The van der Waals surface area contributed by atoms with E-state index >= 15 is 0 Å². The summed E-state index contributed by atoms with van der Waals surface area (Å²) in [6, 6.07) is 7.16. The van der Waals surface area contributed by atoms with Crippen LogP contribution in [0.3, 0.4) is 0 Å². The van der Waals surface area contributed by atoms with E-state index in [-0.39, 0.29) is 11.8 Å². The summed E-state index contributed by atoms with van der Waals surface area (Å²) in [5.41, 5.74) is 6.28. The lowest BCUT2D eigenvalue weighted by atomic mass is 10.2. The summed E-state index contributed by atoms with van der Waals surface area (Å²) in [5.74, 6) is 0.632. The SMILES string of the molecule is Nc1ccc(OCCCN2C(=O)CCCCC2=O)cc1. The second kappa shape index (κ2) is 6.93. The molecule has 0 radical (unpaired) electrons. The smallest absolute Gasteiger partial charge is 0.229 e. The third-order valence-corrected chi connectivity index (χ3v) is 3.31. The molecule has 0 spiro atoms. The Morgan fingerprint density at radius 3 is 2.25 bits per heavy atom. The van der Waals surface area contributed by atoms with Crippen molar-refractivity contribution in [2.24, 2.45) is 0 Å². The molecule has 2 amide bonds. The minimum absolute atomic E-state index is 0.0556. The zero-order valence-electron chi connectivity index (χ0n) is 11.5. The van der Waals surface area contributed by atoms with Crippen molar-refractivity contribution in [3.05, 3.63) is 24.3 Å². The van der Waals surface area contributed by atoms with E-state index in [2.05, 4.69) is 0 Å². The molecular weight excluding hydrogens is 256 g/mol. The van der Waals surface area contributed by atoms with Crippen LogP contribution in [-0.4, -0.2) is 29.9 Å². The number of nitrogens with zero attached hydrogens (tertiary/aromatic N) is 1. The van der Waals surface area contributed by atoms with E-state index in [0.717, 1.165) is 18.6 Å². The standard InChI is InChI=1S/C15H20N2O3/c16-12-6-8-13(9-7-12)20-11-3-10-17-14(18)4-1-2-5-15(17)19/h6-9H,1-5,10-11,16H2. The number of likely N-dealkylation sites (tertiary alicyclic amines) is 1. The van der Waals surface area contributed by atoms with Crippen LogP contribution in [0.1, 0.15) is 32.1 Å². The molecule has 0 saturated carbocycles.